The van der Waals surface area contributed by atoms with E-state index >= 15 is 0 Å². The molecule has 4 heteroatoms. The number of ether oxygens (including phenoxy) is 1. The molecule has 0 bridgehead atoms. The zero-order valence-electron chi connectivity index (χ0n) is 10.9. The fourth-order valence-corrected chi connectivity index (χ4v) is 2.14. The number of nitrogens with zero attached hydrogens (tertiary/aromatic N) is 1. The first-order chi connectivity index (χ1) is 9.29. The molecule has 2 rings (SSSR count). The second kappa shape index (κ2) is 7.13. The van der Waals surface area contributed by atoms with Crippen LogP contribution < -0.4 is 4.74 Å². The van der Waals surface area contributed by atoms with Gasteiger partial charge in [0.05, 0.1) is 5.56 Å². The van der Waals surface area contributed by atoms with Crippen molar-refractivity contribution < 1.29 is 14.2 Å². The molecule has 0 saturated carbocycles. The predicted octanol–water partition coefficient (Wildman–Crippen LogP) is 1.64. The van der Waals surface area contributed by atoms with Crippen LogP contribution in [0.2, 0.25) is 0 Å². The maximum absolute atomic E-state index is 13.2. The highest BCUT2D eigenvalue weighted by atomic mass is 19.1. The van der Waals surface area contributed by atoms with E-state index in [9.17, 15) is 4.39 Å². The summed E-state index contributed by atoms with van der Waals surface area (Å²) >= 11 is 0. The third kappa shape index (κ3) is 4.23. The number of benzene rings is 1. The van der Waals surface area contributed by atoms with E-state index in [2.05, 4.69) is 16.7 Å². The Hall–Kier alpha value is -1.57. The maximum Gasteiger partial charge on any atom is 0.137 e. The van der Waals surface area contributed by atoms with Crippen LogP contribution in [0.15, 0.2) is 18.2 Å². The number of likely N-dealkylation sites (tertiary alicyclic amines) is 1. The summed E-state index contributed by atoms with van der Waals surface area (Å²) in [5.41, 5.74) is 0.608. The minimum atomic E-state index is -0.342. The zero-order valence-corrected chi connectivity index (χ0v) is 10.9. The van der Waals surface area contributed by atoms with E-state index in [1.807, 2.05) is 0 Å². The van der Waals surface area contributed by atoms with Gasteiger partial charge >= 0.3 is 0 Å². The molecule has 1 aromatic rings. The van der Waals surface area contributed by atoms with Gasteiger partial charge in [-0.3, -0.25) is 4.90 Å². The smallest absolute Gasteiger partial charge is 0.137 e. The van der Waals surface area contributed by atoms with Gasteiger partial charge in [0.2, 0.25) is 0 Å². The highest BCUT2D eigenvalue weighted by Crippen LogP contribution is 2.19. The van der Waals surface area contributed by atoms with Gasteiger partial charge in [-0.2, -0.15) is 0 Å². The molecule has 1 aromatic carbocycles. The maximum atomic E-state index is 13.2. The molecule has 1 fully saturated rings. The molecule has 1 aliphatic rings. The van der Waals surface area contributed by atoms with Crippen LogP contribution in [0.3, 0.4) is 0 Å². The Bertz CT molecular complexity index is 473. The second-order valence-electron chi connectivity index (χ2n) is 4.50. The topological polar surface area (TPSA) is 32.7 Å². The number of rotatable bonds is 4. The van der Waals surface area contributed by atoms with E-state index in [-0.39, 0.29) is 12.4 Å². The Balaban J connectivity index is 1.95. The van der Waals surface area contributed by atoms with Gasteiger partial charge in [-0.1, -0.05) is 11.8 Å². The van der Waals surface area contributed by atoms with E-state index in [1.54, 1.807) is 6.07 Å². The Morgan fingerprint density at radius 2 is 2.11 bits per heavy atom. The monoisotopic (exact) mass is 263 g/mol. The molecule has 1 N–H and O–H groups in total. The summed E-state index contributed by atoms with van der Waals surface area (Å²) in [6.07, 6.45) is 2.49. The first-order valence-corrected chi connectivity index (χ1v) is 6.54. The van der Waals surface area contributed by atoms with Gasteiger partial charge in [0, 0.05) is 12.6 Å². The van der Waals surface area contributed by atoms with Gasteiger partial charge in [-0.15, -0.1) is 0 Å². The van der Waals surface area contributed by atoms with Crippen LogP contribution >= 0.6 is 0 Å². The van der Waals surface area contributed by atoms with Crippen molar-refractivity contribution >= 4 is 0 Å². The van der Waals surface area contributed by atoms with Crippen LogP contribution in [-0.4, -0.2) is 42.9 Å². The largest absolute Gasteiger partial charge is 0.491 e. The van der Waals surface area contributed by atoms with Gasteiger partial charge in [0.1, 0.15) is 24.8 Å². The van der Waals surface area contributed by atoms with Crippen LogP contribution in [0, 0.1) is 17.7 Å². The highest BCUT2D eigenvalue weighted by Gasteiger charge is 2.11. The Labute approximate surface area is 113 Å². The molecule has 0 unspecified atom stereocenters. The summed E-state index contributed by atoms with van der Waals surface area (Å²) < 4.78 is 18.8. The van der Waals surface area contributed by atoms with Crippen molar-refractivity contribution in [3.05, 3.63) is 29.6 Å². The van der Waals surface area contributed by atoms with E-state index < -0.39 is 0 Å². The fraction of sp³-hybridized carbons (Fsp3) is 0.467. The Morgan fingerprint density at radius 1 is 1.32 bits per heavy atom. The normalized spacial score (nSPS) is 15.1. The molecule has 0 atom stereocenters. The lowest BCUT2D eigenvalue weighted by molar-refractivity contribution is 0.237. The summed E-state index contributed by atoms with van der Waals surface area (Å²) in [5, 5.41) is 8.70. The fourth-order valence-electron chi connectivity index (χ4n) is 2.14. The van der Waals surface area contributed by atoms with E-state index in [0.717, 1.165) is 19.6 Å². The van der Waals surface area contributed by atoms with Gasteiger partial charge in [-0.25, -0.2) is 4.39 Å². The molecule has 1 saturated heterocycles. The molecule has 0 amide bonds. The molecule has 19 heavy (non-hydrogen) atoms. The minimum Gasteiger partial charge on any atom is -0.491 e. The Kier molecular flexibility index (Phi) is 5.20. The number of aliphatic hydroxyl groups is 1. The van der Waals surface area contributed by atoms with Crippen molar-refractivity contribution in [3.8, 4) is 17.6 Å². The molecular formula is C15H18FNO2. The standard InChI is InChI=1S/C15H18FNO2/c16-14-6-5-13(4-3-10-18)15(12-14)19-11-9-17-7-1-2-8-17/h5-6,12,18H,1-2,7-11H2. The molecule has 0 aromatic heterocycles. The lowest BCUT2D eigenvalue weighted by atomic mass is 10.2. The number of halogens is 1. The molecule has 0 radical (unpaired) electrons. The van der Waals surface area contributed by atoms with Crippen LogP contribution in [0.25, 0.3) is 0 Å². The van der Waals surface area contributed by atoms with Crippen molar-refractivity contribution in [1.82, 2.24) is 4.90 Å². The molecule has 102 valence electrons. The van der Waals surface area contributed by atoms with Gasteiger partial charge in [0.15, 0.2) is 0 Å². The third-order valence-corrected chi connectivity index (χ3v) is 3.11. The number of hydrogen-bond donors (Lipinski definition) is 1. The van der Waals surface area contributed by atoms with E-state index in [0.29, 0.717) is 17.9 Å². The SMILES string of the molecule is OCC#Cc1ccc(F)cc1OCCN1CCCC1. The van der Waals surface area contributed by atoms with Crippen molar-refractivity contribution in [2.45, 2.75) is 12.8 Å². The zero-order chi connectivity index (χ0) is 13.5. The number of aliphatic hydroxyl groups excluding tert-OH is 1. The molecule has 3 nitrogen and oxygen atoms in total. The first-order valence-electron chi connectivity index (χ1n) is 6.54. The number of hydrogen-bond acceptors (Lipinski definition) is 3. The van der Waals surface area contributed by atoms with E-state index in [1.165, 1.54) is 25.0 Å². The summed E-state index contributed by atoms with van der Waals surface area (Å²) in [5.74, 6) is 5.41. The van der Waals surface area contributed by atoms with E-state index in [4.69, 9.17) is 9.84 Å². The lowest BCUT2D eigenvalue weighted by Crippen LogP contribution is -2.25. The summed E-state index contributed by atoms with van der Waals surface area (Å²) in [4.78, 5) is 2.33. The van der Waals surface area contributed by atoms with Crippen LogP contribution in [-0.2, 0) is 0 Å². The summed E-state index contributed by atoms with van der Waals surface area (Å²) in [6, 6.07) is 4.25. The molecule has 1 heterocycles. The average molecular weight is 263 g/mol. The summed E-state index contributed by atoms with van der Waals surface area (Å²) in [7, 11) is 0. The molecule has 1 aliphatic heterocycles. The predicted molar refractivity (Wildman–Crippen MR) is 71.5 cm³/mol. The Morgan fingerprint density at radius 3 is 2.84 bits per heavy atom. The van der Waals surface area contributed by atoms with Crippen molar-refractivity contribution in [1.29, 1.82) is 0 Å². The minimum absolute atomic E-state index is 0.218. The van der Waals surface area contributed by atoms with Crippen LogP contribution in [0.4, 0.5) is 4.39 Å². The quantitative estimate of drug-likeness (QED) is 0.838. The van der Waals surface area contributed by atoms with Crippen molar-refractivity contribution in [3.63, 3.8) is 0 Å². The third-order valence-electron chi connectivity index (χ3n) is 3.11. The highest BCUT2D eigenvalue weighted by molar-refractivity contribution is 5.46. The lowest BCUT2D eigenvalue weighted by Gasteiger charge is -2.15. The average Bonchev–Trinajstić information content (AvgIpc) is 2.91. The van der Waals surface area contributed by atoms with Gasteiger partial charge in [0.25, 0.3) is 0 Å². The second-order valence-corrected chi connectivity index (χ2v) is 4.50. The van der Waals surface area contributed by atoms with Crippen LogP contribution in [0.1, 0.15) is 18.4 Å². The van der Waals surface area contributed by atoms with Gasteiger partial charge < -0.3 is 9.84 Å². The molecular weight excluding hydrogens is 245 g/mol. The van der Waals surface area contributed by atoms with Crippen molar-refractivity contribution in [2.24, 2.45) is 0 Å². The van der Waals surface area contributed by atoms with Crippen LogP contribution in [0.5, 0.6) is 5.75 Å². The first kappa shape index (κ1) is 13.9. The van der Waals surface area contributed by atoms with Crippen molar-refractivity contribution in [2.75, 3.05) is 32.8 Å². The molecule has 0 spiro atoms. The summed E-state index contributed by atoms with van der Waals surface area (Å²) in [6.45, 7) is 3.39. The van der Waals surface area contributed by atoms with Gasteiger partial charge in [-0.05, 0) is 38.1 Å². The molecule has 0 aliphatic carbocycles.